The summed E-state index contributed by atoms with van der Waals surface area (Å²) in [6, 6.07) is 16.4. The van der Waals surface area contributed by atoms with Crippen LogP contribution in [0.15, 0.2) is 54.6 Å². The van der Waals surface area contributed by atoms with Crippen molar-refractivity contribution >= 4 is 44.9 Å². The van der Waals surface area contributed by atoms with Gasteiger partial charge in [-0.25, -0.2) is 0 Å². The van der Waals surface area contributed by atoms with E-state index in [9.17, 15) is 9.59 Å². The molecular weight excluding hydrogens is 428 g/mol. The molecule has 0 aliphatic heterocycles. The second kappa shape index (κ2) is 9.52. The topological polar surface area (TPSA) is 105 Å². The number of anilines is 2. The molecule has 0 aliphatic rings. The van der Waals surface area contributed by atoms with Gasteiger partial charge in [0.1, 0.15) is 22.1 Å². The van der Waals surface area contributed by atoms with Crippen LogP contribution in [0.3, 0.4) is 0 Å². The van der Waals surface area contributed by atoms with Crippen LogP contribution in [0.4, 0.5) is 11.5 Å². The van der Waals surface area contributed by atoms with Crippen LogP contribution in [-0.2, 0) is 22.4 Å². The van der Waals surface area contributed by atoms with Gasteiger partial charge in [-0.15, -0.1) is 11.3 Å². The van der Waals surface area contributed by atoms with Gasteiger partial charge in [-0.2, -0.15) is 5.10 Å². The minimum absolute atomic E-state index is 0.142. The molecule has 2 aromatic carbocycles. The van der Waals surface area contributed by atoms with Crippen molar-refractivity contribution in [3.05, 3.63) is 65.0 Å². The molecule has 164 valence electrons. The molecule has 0 aliphatic carbocycles. The second-order valence-corrected chi connectivity index (χ2v) is 8.18. The molecule has 0 spiro atoms. The van der Waals surface area contributed by atoms with Gasteiger partial charge in [-0.1, -0.05) is 18.2 Å². The second-order valence-electron chi connectivity index (χ2n) is 7.06. The fraction of sp³-hybridized carbons (Fsp3) is 0.174. The van der Waals surface area contributed by atoms with E-state index in [0.29, 0.717) is 17.3 Å². The summed E-state index contributed by atoms with van der Waals surface area (Å²) in [5, 5.41) is 13.6. The van der Waals surface area contributed by atoms with E-state index < -0.39 is 0 Å². The number of nitrogens with one attached hydrogen (secondary N) is 3. The van der Waals surface area contributed by atoms with E-state index in [1.54, 1.807) is 26.4 Å². The van der Waals surface area contributed by atoms with Gasteiger partial charge in [-0.3, -0.25) is 14.7 Å². The molecule has 4 aromatic rings. The van der Waals surface area contributed by atoms with Crippen LogP contribution in [0.5, 0.6) is 11.5 Å². The highest BCUT2D eigenvalue weighted by atomic mass is 32.1. The Morgan fingerprint density at radius 1 is 0.938 bits per heavy atom. The molecule has 0 saturated heterocycles. The lowest BCUT2D eigenvalue weighted by Gasteiger charge is -2.06. The molecule has 0 saturated carbocycles. The zero-order chi connectivity index (χ0) is 22.5. The number of fused-ring (bicyclic) bond motifs is 1. The summed E-state index contributed by atoms with van der Waals surface area (Å²) < 4.78 is 10.3. The van der Waals surface area contributed by atoms with E-state index in [1.165, 1.54) is 11.3 Å². The Bertz CT molecular complexity index is 1250. The average molecular weight is 451 g/mol. The molecule has 0 unspecified atom stereocenters. The number of thiophene rings is 1. The van der Waals surface area contributed by atoms with Crippen molar-refractivity contribution in [2.24, 2.45) is 0 Å². The Morgan fingerprint density at radius 3 is 2.44 bits per heavy atom. The first kappa shape index (κ1) is 21.4. The molecule has 2 heterocycles. The fourth-order valence-corrected chi connectivity index (χ4v) is 4.21. The molecular formula is C23H22N4O4S. The summed E-state index contributed by atoms with van der Waals surface area (Å²) in [6.45, 7) is 0. The summed E-state index contributed by atoms with van der Waals surface area (Å²) in [5.74, 6) is 1.63. The van der Waals surface area contributed by atoms with Crippen LogP contribution in [-0.4, -0.2) is 36.2 Å². The van der Waals surface area contributed by atoms with E-state index in [4.69, 9.17) is 9.47 Å². The van der Waals surface area contributed by atoms with Gasteiger partial charge in [0.15, 0.2) is 0 Å². The number of hydrogen-bond acceptors (Lipinski definition) is 6. The van der Waals surface area contributed by atoms with E-state index in [1.807, 2.05) is 42.5 Å². The highest BCUT2D eigenvalue weighted by molar-refractivity contribution is 7.18. The van der Waals surface area contributed by atoms with Crippen molar-refractivity contribution in [3.63, 3.8) is 0 Å². The van der Waals surface area contributed by atoms with Gasteiger partial charge < -0.3 is 20.1 Å². The normalized spacial score (nSPS) is 10.7. The first-order valence-corrected chi connectivity index (χ1v) is 10.7. The SMILES string of the molecule is COc1ccc(CC(=O)Nc2[nH]nc3sc(CC(=O)Nc4cccc(OC)c4)cc23)cc1. The number of carbonyl (C=O) groups is 2. The summed E-state index contributed by atoms with van der Waals surface area (Å²) in [7, 11) is 3.18. The van der Waals surface area contributed by atoms with Crippen LogP contribution in [0, 0.1) is 0 Å². The molecule has 0 atom stereocenters. The van der Waals surface area contributed by atoms with Gasteiger partial charge in [0, 0.05) is 16.6 Å². The zero-order valence-electron chi connectivity index (χ0n) is 17.6. The summed E-state index contributed by atoms with van der Waals surface area (Å²) in [6.07, 6.45) is 0.432. The number of benzene rings is 2. The molecule has 32 heavy (non-hydrogen) atoms. The third-order valence-corrected chi connectivity index (χ3v) is 5.81. The summed E-state index contributed by atoms with van der Waals surface area (Å²) in [4.78, 5) is 26.5. The largest absolute Gasteiger partial charge is 0.497 e. The molecule has 9 heteroatoms. The smallest absolute Gasteiger partial charge is 0.229 e. The van der Waals surface area contributed by atoms with Crippen molar-refractivity contribution in [1.82, 2.24) is 10.2 Å². The third-order valence-electron chi connectivity index (χ3n) is 4.78. The molecule has 4 rings (SSSR count). The molecule has 0 bridgehead atoms. The Labute approximate surface area is 188 Å². The Balaban J connectivity index is 1.39. The lowest BCUT2D eigenvalue weighted by molar-refractivity contribution is -0.116. The van der Waals surface area contributed by atoms with Crippen molar-refractivity contribution in [1.29, 1.82) is 0 Å². The van der Waals surface area contributed by atoms with Crippen molar-refractivity contribution in [2.75, 3.05) is 24.9 Å². The number of aromatic amines is 1. The van der Waals surface area contributed by atoms with Crippen molar-refractivity contribution in [3.8, 4) is 11.5 Å². The Hall–Kier alpha value is -3.85. The highest BCUT2D eigenvalue weighted by Crippen LogP contribution is 2.30. The molecule has 0 fully saturated rings. The fourth-order valence-electron chi connectivity index (χ4n) is 3.22. The van der Waals surface area contributed by atoms with Crippen molar-refractivity contribution < 1.29 is 19.1 Å². The molecule has 2 aromatic heterocycles. The lowest BCUT2D eigenvalue weighted by Crippen LogP contribution is -2.15. The maximum absolute atomic E-state index is 12.5. The highest BCUT2D eigenvalue weighted by Gasteiger charge is 2.15. The number of ether oxygens (including phenoxy) is 2. The first-order valence-electron chi connectivity index (χ1n) is 9.87. The average Bonchev–Trinajstić information content (AvgIpc) is 3.35. The Morgan fingerprint density at radius 2 is 1.69 bits per heavy atom. The number of H-pyrrole nitrogens is 1. The van der Waals surface area contributed by atoms with Crippen LogP contribution in [0.25, 0.3) is 10.2 Å². The molecule has 8 nitrogen and oxygen atoms in total. The van der Waals surface area contributed by atoms with Crippen LogP contribution in [0.2, 0.25) is 0 Å². The number of hydrogen-bond donors (Lipinski definition) is 3. The van der Waals surface area contributed by atoms with E-state index in [-0.39, 0.29) is 24.7 Å². The first-order chi connectivity index (χ1) is 15.5. The van der Waals surface area contributed by atoms with E-state index in [2.05, 4.69) is 20.8 Å². The van der Waals surface area contributed by atoms with Crippen molar-refractivity contribution in [2.45, 2.75) is 12.8 Å². The van der Waals surface area contributed by atoms with Crippen LogP contribution >= 0.6 is 11.3 Å². The minimum atomic E-state index is -0.163. The number of aromatic nitrogens is 2. The Kier molecular flexibility index (Phi) is 6.37. The monoisotopic (exact) mass is 450 g/mol. The number of methoxy groups -OCH3 is 2. The predicted molar refractivity (Wildman–Crippen MR) is 125 cm³/mol. The standard InChI is InChI=1S/C23H22N4O4S/c1-30-16-8-6-14(7-9-16)10-20(28)25-22-19-12-18(32-23(19)27-26-22)13-21(29)24-15-4-3-5-17(11-15)31-2/h3-9,11-12H,10,13H2,1-2H3,(H,24,29)(H2,25,26,27,28). The number of rotatable bonds is 8. The predicted octanol–water partition coefficient (Wildman–Crippen LogP) is 4.00. The summed E-state index contributed by atoms with van der Waals surface area (Å²) in [5.41, 5.74) is 1.54. The number of amides is 2. The van der Waals surface area contributed by atoms with Gasteiger partial charge in [0.2, 0.25) is 11.8 Å². The maximum atomic E-state index is 12.5. The molecule has 2 amide bonds. The van der Waals surface area contributed by atoms with Gasteiger partial charge in [0.25, 0.3) is 0 Å². The third kappa shape index (κ3) is 5.06. The summed E-state index contributed by atoms with van der Waals surface area (Å²) >= 11 is 1.41. The van der Waals surface area contributed by atoms with E-state index in [0.717, 1.165) is 26.4 Å². The number of carbonyl (C=O) groups excluding carboxylic acids is 2. The van der Waals surface area contributed by atoms with Gasteiger partial charge in [0.05, 0.1) is 32.4 Å². The lowest BCUT2D eigenvalue weighted by atomic mass is 10.1. The van der Waals surface area contributed by atoms with Gasteiger partial charge >= 0.3 is 0 Å². The van der Waals surface area contributed by atoms with Gasteiger partial charge in [-0.05, 0) is 35.9 Å². The number of nitrogens with zero attached hydrogens (tertiary/aromatic N) is 1. The maximum Gasteiger partial charge on any atom is 0.229 e. The van der Waals surface area contributed by atoms with E-state index >= 15 is 0 Å². The quantitative estimate of drug-likeness (QED) is 0.376. The van der Waals surface area contributed by atoms with Crippen LogP contribution < -0.4 is 20.1 Å². The zero-order valence-corrected chi connectivity index (χ0v) is 18.4. The van der Waals surface area contributed by atoms with Crippen LogP contribution in [0.1, 0.15) is 10.4 Å². The molecule has 0 radical (unpaired) electrons. The molecule has 3 N–H and O–H groups in total. The minimum Gasteiger partial charge on any atom is -0.497 e.